The molecule has 1 unspecified atom stereocenters. The van der Waals surface area contributed by atoms with Crippen LogP contribution in [0.3, 0.4) is 0 Å². The smallest absolute Gasteiger partial charge is 0.261 e. The SMILES string of the molecule is CCCCCCC(=O)N1CCN(C(CC)c2nc3ccccc3c(=O)n2C)CC1. The summed E-state index contributed by atoms with van der Waals surface area (Å²) in [7, 11) is 1.82. The number of carbonyl (C=O) groups excluding carboxylic acids is 1. The number of carbonyl (C=O) groups is 1. The van der Waals surface area contributed by atoms with Crippen molar-refractivity contribution in [1.82, 2.24) is 19.4 Å². The summed E-state index contributed by atoms with van der Waals surface area (Å²) in [5, 5.41) is 0.659. The topological polar surface area (TPSA) is 58.4 Å². The molecule has 29 heavy (non-hydrogen) atoms. The molecule has 1 atom stereocenters. The molecule has 1 amide bonds. The van der Waals surface area contributed by atoms with E-state index in [4.69, 9.17) is 4.98 Å². The van der Waals surface area contributed by atoms with Crippen LogP contribution in [0.25, 0.3) is 10.9 Å². The molecule has 158 valence electrons. The minimum Gasteiger partial charge on any atom is -0.340 e. The normalized spacial score (nSPS) is 16.3. The van der Waals surface area contributed by atoms with Gasteiger partial charge in [0.05, 0.1) is 16.9 Å². The number of rotatable bonds is 8. The Morgan fingerprint density at radius 3 is 2.48 bits per heavy atom. The van der Waals surface area contributed by atoms with Crippen LogP contribution in [-0.2, 0) is 11.8 Å². The maximum atomic E-state index is 12.8. The first-order chi connectivity index (χ1) is 14.1. The van der Waals surface area contributed by atoms with E-state index < -0.39 is 0 Å². The molecular formula is C23H34N4O2. The Labute approximate surface area is 173 Å². The molecule has 6 heteroatoms. The zero-order chi connectivity index (χ0) is 20.8. The van der Waals surface area contributed by atoms with Gasteiger partial charge in [0.1, 0.15) is 5.82 Å². The predicted molar refractivity (Wildman–Crippen MR) is 117 cm³/mol. The maximum absolute atomic E-state index is 12.8. The number of benzene rings is 1. The van der Waals surface area contributed by atoms with Crippen LogP contribution in [0.15, 0.2) is 29.1 Å². The molecule has 1 aliphatic heterocycles. The highest BCUT2D eigenvalue weighted by molar-refractivity contribution is 5.77. The van der Waals surface area contributed by atoms with Gasteiger partial charge in [0.15, 0.2) is 0 Å². The molecule has 1 aromatic heterocycles. The lowest BCUT2D eigenvalue weighted by atomic mass is 10.1. The minimum absolute atomic E-state index is 0.00458. The molecule has 3 rings (SSSR count). The van der Waals surface area contributed by atoms with Crippen LogP contribution >= 0.6 is 0 Å². The minimum atomic E-state index is 0.00458. The van der Waals surface area contributed by atoms with Crippen molar-refractivity contribution in [3.8, 4) is 0 Å². The van der Waals surface area contributed by atoms with E-state index in [1.54, 1.807) is 4.57 Å². The molecule has 2 aromatic rings. The van der Waals surface area contributed by atoms with Gasteiger partial charge in [-0.25, -0.2) is 4.98 Å². The maximum Gasteiger partial charge on any atom is 0.261 e. The second-order valence-electron chi connectivity index (χ2n) is 8.00. The summed E-state index contributed by atoms with van der Waals surface area (Å²) >= 11 is 0. The van der Waals surface area contributed by atoms with E-state index in [1.807, 2.05) is 36.2 Å². The molecular weight excluding hydrogens is 364 g/mol. The molecule has 6 nitrogen and oxygen atoms in total. The molecule has 0 radical (unpaired) electrons. The molecule has 0 bridgehead atoms. The van der Waals surface area contributed by atoms with E-state index in [0.717, 1.165) is 56.8 Å². The third-order valence-electron chi connectivity index (χ3n) is 6.05. The van der Waals surface area contributed by atoms with Crippen molar-refractivity contribution in [2.24, 2.45) is 7.05 Å². The Kier molecular flexibility index (Phi) is 7.42. The first-order valence-corrected chi connectivity index (χ1v) is 11.0. The number of nitrogens with zero attached hydrogens (tertiary/aromatic N) is 4. The molecule has 1 saturated heterocycles. The Morgan fingerprint density at radius 2 is 1.79 bits per heavy atom. The van der Waals surface area contributed by atoms with E-state index in [-0.39, 0.29) is 17.5 Å². The van der Waals surface area contributed by atoms with Crippen LogP contribution in [0, 0.1) is 0 Å². The van der Waals surface area contributed by atoms with Gasteiger partial charge in [-0.15, -0.1) is 0 Å². The summed E-state index contributed by atoms with van der Waals surface area (Å²) in [5.41, 5.74) is 0.759. The zero-order valence-electron chi connectivity index (χ0n) is 18.1. The fourth-order valence-corrected chi connectivity index (χ4v) is 4.28. The fourth-order valence-electron chi connectivity index (χ4n) is 4.28. The second kappa shape index (κ2) is 10.0. The Hall–Kier alpha value is -2.21. The molecule has 0 N–H and O–H groups in total. The summed E-state index contributed by atoms with van der Waals surface area (Å²) in [6, 6.07) is 7.62. The molecule has 2 heterocycles. The van der Waals surface area contributed by atoms with Gasteiger partial charge in [-0.05, 0) is 25.0 Å². The van der Waals surface area contributed by atoms with Crippen molar-refractivity contribution in [2.45, 2.75) is 58.4 Å². The van der Waals surface area contributed by atoms with Crippen LogP contribution in [0.1, 0.15) is 64.2 Å². The molecule has 0 spiro atoms. The van der Waals surface area contributed by atoms with Crippen LogP contribution in [-0.4, -0.2) is 51.4 Å². The van der Waals surface area contributed by atoms with E-state index in [9.17, 15) is 9.59 Å². The summed E-state index contributed by atoms with van der Waals surface area (Å²) in [5.74, 6) is 1.10. The first kappa shape index (κ1) is 21.5. The predicted octanol–water partition coefficient (Wildman–Crippen LogP) is 3.50. The lowest BCUT2D eigenvalue weighted by Crippen LogP contribution is -2.50. The molecule has 0 aliphatic carbocycles. The monoisotopic (exact) mass is 398 g/mol. The number of amides is 1. The van der Waals surface area contributed by atoms with Crippen molar-refractivity contribution in [2.75, 3.05) is 26.2 Å². The van der Waals surface area contributed by atoms with Gasteiger partial charge in [0.25, 0.3) is 5.56 Å². The van der Waals surface area contributed by atoms with Crippen LogP contribution in [0.5, 0.6) is 0 Å². The number of fused-ring (bicyclic) bond motifs is 1. The van der Waals surface area contributed by atoms with Crippen molar-refractivity contribution in [3.63, 3.8) is 0 Å². The van der Waals surface area contributed by atoms with Gasteiger partial charge >= 0.3 is 0 Å². The third kappa shape index (κ3) is 4.86. The summed E-state index contributed by atoms with van der Waals surface area (Å²) < 4.78 is 1.70. The zero-order valence-corrected chi connectivity index (χ0v) is 18.1. The van der Waals surface area contributed by atoms with Gasteiger partial charge in [-0.1, -0.05) is 45.2 Å². The number of piperazine rings is 1. The van der Waals surface area contributed by atoms with Gasteiger partial charge in [0.2, 0.25) is 5.91 Å². The Morgan fingerprint density at radius 1 is 1.07 bits per heavy atom. The number of unbranched alkanes of at least 4 members (excludes halogenated alkanes) is 3. The van der Waals surface area contributed by atoms with Crippen LogP contribution in [0.2, 0.25) is 0 Å². The first-order valence-electron chi connectivity index (χ1n) is 11.0. The van der Waals surface area contributed by atoms with Crippen molar-refractivity contribution in [3.05, 3.63) is 40.4 Å². The standard InChI is InChI=1S/C23H34N4O2/c1-4-6-7-8-13-21(28)27-16-14-26(15-17-27)20(5-2)22-24-19-12-10-9-11-18(19)23(29)25(22)3/h9-12,20H,4-8,13-17H2,1-3H3. The number of hydrogen-bond donors (Lipinski definition) is 0. The van der Waals surface area contributed by atoms with E-state index in [1.165, 1.54) is 12.8 Å². The quantitative estimate of drug-likeness (QED) is 0.639. The number of aromatic nitrogens is 2. The third-order valence-corrected chi connectivity index (χ3v) is 6.05. The van der Waals surface area contributed by atoms with Gasteiger partial charge < -0.3 is 4.90 Å². The Bertz CT molecular complexity index is 884. The van der Waals surface area contributed by atoms with Crippen LogP contribution in [0.4, 0.5) is 0 Å². The summed E-state index contributed by atoms with van der Waals surface area (Å²) in [6.45, 7) is 7.47. The summed E-state index contributed by atoms with van der Waals surface area (Å²) in [6.07, 6.45) is 6.07. The van der Waals surface area contributed by atoms with Crippen molar-refractivity contribution >= 4 is 16.8 Å². The lowest BCUT2D eigenvalue weighted by Gasteiger charge is -2.39. The average Bonchev–Trinajstić information content (AvgIpc) is 2.75. The lowest BCUT2D eigenvalue weighted by molar-refractivity contribution is -0.133. The fraction of sp³-hybridized carbons (Fsp3) is 0.609. The van der Waals surface area contributed by atoms with Crippen molar-refractivity contribution < 1.29 is 4.79 Å². The Balaban J connectivity index is 1.68. The molecule has 1 aromatic carbocycles. The highest BCUT2D eigenvalue weighted by atomic mass is 16.2. The van der Waals surface area contributed by atoms with E-state index in [0.29, 0.717) is 11.8 Å². The van der Waals surface area contributed by atoms with Gasteiger partial charge in [0, 0.05) is 39.6 Å². The number of hydrogen-bond acceptors (Lipinski definition) is 4. The highest BCUT2D eigenvalue weighted by Gasteiger charge is 2.28. The molecule has 1 aliphatic rings. The second-order valence-corrected chi connectivity index (χ2v) is 8.00. The van der Waals surface area contributed by atoms with Crippen LogP contribution < -0.4 is 5.56 Å². The summed E-state index contributed by atoms with van der Waals surface area (Å²) in [4.78, 5) is 34.5. The molecule has 1 fully saturated rings. The van der Waals surface area contributed by atoms with Crippen molar-refractivity contribution in [1.29, 1.82) is 0 Å². The van der Waals surface area contributed by atoms with E-state index in [2.05, 4.69) is 18.7 Å². The molecule has 0 saturated carbocycles. The highest BCUT2D eigenvalue weighted by Crippen LogP contribution is 2.24. The largest absolute Gasteiger partial charge is 0.340 e. The average molecular weight is 399 g/mol. The van der Waals surface area contributed by atoms with Gasteiger partial charge in [-0.3, -0.25) is 19.1 Å². The number of para-hydroxylation sites is 1. The van der Waals surface area contributed by atoms with Gasteiger partial charge in [-0.2, -0.15) is 0 Å². The van der Waals surface area contributed by atoms with E-state index >= 15 is 0 Å².